The van der Waals surface area contributed by atoms with Gasteiger partial charge in [0.1, 0.15) is 23.6 Å². The molecule has 0 radical (unpaired) electrons. The quantitative estimate of drug-likeness (QED) is 0.231. The van der Waals surface area contributed by atoms with E-state index in [0.717, 1.165) is 23.2 Å². The van der Waals surface area contributed by atoms with Gasteiger partial charge in [-0.1, -0.05) is 53.5 Å². The first-order chi connectivity index (χ1) is 19.4. The zero-order valence-corrected chi connectivity index (χ0v) is 23.4. The summed E-state index contributed by atoms with van der Waals surface area (Å²) in [6.45, 7) is 1.57. The molecule has 0 bridgehead atoms. The highest BCUT2D eigenvalue weighted by molar-refractivity contribution is 6.38. The Balaban J connectivity index is 1.38. The molecule has 0 fully saturated rings. The van der Waals surface area contributed by atoms with Crippen LogP contribution in [0.1, 0.15) is 16.8 Å². The highest BCUT2D eigenvalue weighted by atomic mass is 35.5. The lowest BCUT2D eigenvalue weighted by Gasteiger charge is -2.21. The predicted molar refractivity (Wildman–Crippen MR) is 151 cm³/mol. The van der Waals surface area contributed by atoms with Gasteiger partial charge in [0.25, 0.3) is 0 Å². The Morgan fingerprint density at radius 2 is 1.73 bits per heavy atom. The van der Waals surface area contributed by atoms with E-state index in [1.165, 1.54) is 24.1 Å². The lowest BCUT2D eigenvalue weighted by molar-refractivity contribution is -0.274. The Morgan fingerprint density at radius 3 is 2.44 bits per heavy atom. The van der Waals surface area contributed by atoms with Crippen molar-refractivity contribution in [2.45, 2.75) is 26.3 Å². The monoisotopic (exact) mass is 605 g/mol. The molecule has 7 nitrogen and oxygen atoms in total. The summed E-state index contributed by atoms with van der Waals surface area (Å²) >= 11 is 13.1. The third-order valence-corrected chi connectivity index (χ3v) is 6.83. The van der Waals surface area contributed by atoms with Gasteiger partial charge in [0.05, 0.1) is 23.7 Å². The molecule has 0 aliphatic heterocycles. The van der Waals surface area contributed by atoms with E-state index in [2.05, 4.69) is 15.0 Å². The molecule has 0 atom stereocenters. The van der Waals surface area contributed by atoms with Gasteiger partial charge < -0.3 is 19.7 Å². The maximum absolute atomic E-state index is 12.8. The van der Waals surface area contributed by atoms with Crippen molar-refractivity contribution in [1.82, 2.24) is 10.3 Å². The smallest absolute Gasteiger partial charge is 0.487 e. The summed E-state index contributed by atoms with van der Waals surface area (Å²) in [6.07, 6.45) is -4.95. The number of nitrogens with one attached hydrogen (secondary N) is 1. The van der Waals surface area contributed by atoms with Crippen LogP contribution in [0.4, 0.5) is 18.9 Å². The Kier molecular flexibility index (Phi) is 9.25. The lowest BCUT2D eigenvalue weighted by atomic mass is 10.1. The van der Waals surface area contributed by atoms with Crippen LogP contribution < -0.4 is 19.7 Å². The standard InChI is InChI=1S/C29H24Cl2F3N3O4/c1-17-6-9-19-4-3-5-24(28(19)36-17)40-16-21-22(30)12-13-23(27(21)31)37(2)26(39)15-35-25(38)14-18-7-10-20(11-8-18)41-29(32,33)34/h3-13H,14-16H2,1-2H3,(H,35,38). The molecule has 4 rings (SSSR count). The van der Waals surface area contributed by atoms with Gasteiger partial charge in [-0.15, -0.1) is 13.2 Å². The highest BCUT2D eigenvalue weighted by Gasteiger charge is 2.31. The second-order valence-corrected chi connectivity index (χ2v) is 9.81. The number of likely N-dealkylation sites (N-methyl/N-ethyl adjacent to an activating group) is 1. The Morgan fingerprint density at radius 1 is 1.00 bits per heavy atom. The molecule has 0 aliphatic carbocycles. The van der Waals surface area contributed by atoms with E-state index in [0.29, 0.717) is 33.1 Å². The van der Waals surface area contributed by atoms with Crippen LogP contribution in [0.25, 0.3) is 10.9 Å². The maximum atomic E-state index is 12.8. The van der Waals surface area contributed by atoms with Crippen molar-refractivity contribution in [3.63, 3.8) is 0 Å². The molecule has 1 heterocycles. The summed E-state index contributed by atoms with van der Waals surface area (Å²) in [4.78, 5) is 31.0. The van der Waals surface area contributed by atoms with E-state index in [1.807, 2.05) is 31.2 Å². The maximum Gasteiger partial charge on any atom is 0.573 e. The average Bonchev–Trinajstić information content (AvgIpc) is 2.91. The number of alkyl halides is 3. The molecule has 0 spiro atoms. The molecule has 0 unspecified atom stereocenters. The molecule has 12 heteroatoms. The van der Waals surface area contributed by atoms with Crippen LogP contribution in [0.2, 0.25) is 10.0 Å². The van der Waals surface area contributed by atoms with E-state index in [9.17, 15) is 22.8 Å². The summed E-state index contributed by atoms with van der Waals surface area (Å²) in [5.41, 5.74) is 2.81. The molecule has 0 saturated carbocycles. The third kappa shape index (κ3) is 7.80. The number of benzene rings is 3. The number of carbonyl (C=O) groups excluding carboxylic acids is 2. The molecular formula is C29H24Cl2F3N3O4. The van der Waals surface area contributed by atoms with E-state index in [-0.39, 0.29) is 24.6 Å². The van der Waals surface area contributed by atoms with Crippen LogP contribution in [0.15, 0.2) is 66.7 Å². The summed E-state index contributed by atoms with van der Waals surface area (Å²) in [5, 5.41) is 3.99. The van der Waals surface area contributed by atoms with Gasteiger partial charge >= 0.3 is 6.36 Å². The average molecular weight is 606 g/mol. The predicted octanol–water partition coefficient (Wildman–Crippen LogP) is 6.65. The van der Waals surface area contributed by atoms with Crippen LogP contribution in [0.3, 0.4) is 0 Å². The fraction of sp³-hybridized carbons (Fsp3) is 0.207. The second-order valence-electron chi connectivity index (χ2n) is 9.03. The minimum atomic E-state index is -4.81. The summed E-state index contributed by atoms with van der Waals surface area (Å²) in [5.74, 6) is -0.797. The fourth-order valence-corrected chi connectivity index (χ4v) is 4.55. The van der Waals surface area contributed by atoms with Crippen LogP contribution in [-0.2, 0) is 22.6 Å². The number of halogens is 5. The first kappa shape index (κ1) is 30.0. The fourth-order valence-electron chi connectivity index (χ4n) is 3.94. The zero-order valence-electron chi connectivity index (χ0n) is 21.9. The Hall–Kier alpha value is -4.02. The lowest BCUT2D eigenvalue weighted by Crippen LogP contribution is -2.38. The number of hydrogen-bond donors (Lipinski definition) is 1. The molecule has 214 valence electrons. The number of para-hydroxylation sites is 1. The van der Waals surface area contributed by atoms with E-state index >= 15 is 0 Å². The SMILES string of the molecule is Cc1ccc2cccc(OCc3c(Cl)ccc(N(C)C(=O)CNC(=O)Cc4ccc(OC(F)(F)F)cc4)c3Cl)c2n1. The Bertz CT molecular complexity index is 1580. The number of amides is 2. The van der Waals surface area contributed by atoms with E-state index in [4.69, 9.17) is 27.9 Å². The van der Waals surface area contributed by atoms with Crippen LogP contribution >= 0.6 is 23.2 Å². The summed E-state index contributed by atoms with van der Waals surface area (Å²) < 4.78 is 46.8. The van der Waals surface area contributed by atoms with Gasteiger partial charge in [-0.25, -0.2) is 4.98 Å². The number of pyridine rings is 1. The van der Waals surface area contributed by atoms with Gasteiger partial charge in [0.2, 0.25) is 11.8 Å². The number of nitrogens with zero attached hydrogens (tertiary/aromatic N) is 2. The molecule has 41 heavy (non-hydrogen) atoms. The molecular weight excluding hydrogens is 582 g/mol. The van der Waals surface area contributed by atoms with Crippen molar-refractivity contribution in [2.75, 3.05) is 18.5 Å². The van der Waals surface area contributed by atoms with Crippen molar-refractivity contribution in [3.8, 4) is 11.5 Å². The van der Waals surface area contributed by atoms with Gasteiger partial charge in [-0.3, -0.25) is 9.59 Å². The van der Waals surface area contributed by atoms with Crippen molar-refractivity contribution < 1.29 is 32.2 Å². The molecule has 4 aromatic rings. The largest absolute Gasteiger partial charge is 0.573 e. The van der Waals surface area contributed by atoms with Gasteiger partial charge in [-0.05, 0) is 48.9 Å². The number of hydrogen-bond acceptors (Lipinski definition) is 5. The molecule has 1 aromatic heterocycles. The highest BCUT2D eigenvalue weighted by Crippen LogP contribution is 2.35. The van der Waals surface area contributed by atoms with Crippen LogP contribution in [-0.4, -0.2) is 36.8 Å². The van der Waals surface area contributed by atoms with Crippen LogP contribution in [0.5, 0.6) is 11.5 Å². The normalized spacial score (nSPS) is 11.3. The summed E-state index contributed by atoms with van der Waals surface area (Å²) in [7, 11) is 1.50. The van der Waals surface area contributed by atoms with Crippen molar-refractivity contribution in [3.05, 3.63) is 93.6 Å². The number of rotatable bonds is 9. The first-order valence-corrected chi connectivity index (χ1v) is 13.0. The van der Waals surface area contributed by atoms with Gasteiger partial charge in [0.15, 0.2) is 0 Å². The molecule has 0 saturated heterocycles. The number of ether oxygens (including phenoxy) is 2. The number of carbonyl (C=O) groups is 2. The van der Waals surface area contributed by atoms with Crippen molar-refractivity contribution in [1.29, 1.82) is 0 Å². The van der Waals surface area contributed by atoms with Gasteiger partial charge in [0, 0.05) is 28.7 Å². The van der Waals surface area contributed by atoms with E-state index < -0.39 is 23.9 Å². The third-order valence-electron chi connectivity index (χ3n) is 6.05. The molecule has 2 amide bonds. The van der Waals surface area contributed by atoms with Crippen molar-refractivity contribution >= 4 is 51.6 Å². The summed E-state index contributed by atoms with van der Waals surface area (Å²) in [6, 6.07) is 17.5. The number of aromatic nitrogens is 1. The second kappa shape index (κ2) is 12.7. The number of anilines is 1. The number of fused-ring (bicyclic) bond motifs is 1. The number of aryl methyl sites for hydroxylation is 1. The first-order valence-electron chi connectivity index (χ1n) is 12.3. The van der Waals surface area contributed by atoms with E-state index in [1.54, 1.807) is 18.2 Å². The minimum absolute atomic E-state index is 0.0197. The topological polar surface area (TPSA) is 80.8 Å². The minimum Gasteiger partial charge on any atom is -0.487 e. The van der Waals surface area contributed by atoms with Crippen molar-refractivity contribution in [2.24, 2.45) is 0 Å². The Labute approximate surface area is 243 Å². The van der Waals surface area contributed by atoms with Crippen LogP contribution in [0, 0.1) is 6.92 Å². The molecule has 0 aliphatic rings. The molecule has 3 aromatic carbocycles. The zero-order chi connectivity index (χ0) is 29.7. The van der Waals surface area contributed by atoms with Gasteiger partial charge in [-0.2, -0.15) is 0 Å². The molecule has 1 N–H and O–H groups in total.